The number of piperidine rings is 1. The van der Waals surface area contributed by atoms with Gasteiger partial charge in [-0.1, -0.05) is 6.92 Å². The molecule has 172 valence electrons. The van der Waals surface area contributed by atoms with Crippen molar-refractivity contribution in [2.45, 2.75) is 33.1 Å². The highest BCUT2D eigenvalue weighted by Gasteiger charge is 2.29. The van der Waals surface area contributed by atoms with Gasteiger partial charge in [0.05, 0.1) is 42.2 Å². The van der Waals surface area contributed by atoms with Crippen molar-refractivity contribution in [2.24, 2.45) is 5.92 Å². The average molecular weight is 445 g/mol. The van der Waals surface area contributed by atoms with E-state index in [2.05, 4.69) is 5.10 Å². The van der Waals surface area contributed by atoms with Gasteiger partial charge in [-0.25, -0.2) is 9.07 Å². The Kier molecular flexibility index (Phi) is 7.61. The van der Waals surface area contributed by atoms with Gasteiger partial charge in [-0.3, -0.25) is 14.4 Å². The molecule has 0 saturated carbocycles. The number of likely N-dealkylation sites (N-methyl/N-ethyl adjacent to an activating group) is 1. The van der Waals surface area contributed by atoms with Crippen molar-refractivity contribution in [1.29, 1.82) is 0 Å². The normalized spacial score (nSPS) is 14.3. The monoisotopic (exact) mass is 444 g/mol. The molecule has 1 saturated heterocycles. The van der Waals surface area contributed by atoms with Crippen LogP contribution in [-0.4, -0.2) is 70.7 Å². The second-order valence-corrected chi connectivity index (χ2v) is 7.82. The number of aromatic nitrogens is 2. The van der Waals surface area contributed by atoms with Crippen molar-refractivity contribution in [3.8, 4) is 5.69 Å². The Labute approximate surface area is 186 Å². The van der Waals surface area contributed by atoms with Crippen LogP contribution in [0.2, 0.25) is 0 Å². The maximum atomic E-state index is 13.2. The highest BCUT2D eigenvalue weighted by Crippen LogP contribution is 2.20. The zero-order valence-electron chi connectivity index (χ0n) is 18.7. The number of ether oxygens (including phenoxy) is 1. The second-order valence-electron chi connectivity index (χ2n) is 7.82. The maximum absolute atomic E-state index is 13.2. The SMILES string of the molecule is CCOC(=O)C1CCN(C(=O)CN(C)C(=O)c2cnn(-c3ccc(F)cc3)c2CC)CC1. The number of halogens is 1. The van der Waals surface area contributed by atoms with E-state index in [1.807, 2.05) is 6.92 Å². The number of rotatable bonds is 7. The first-order valence-electron chi connectivity index (χ1n) is 10.9. The molecule has 2 heterocycles. The molecule has 32 heavy (non-hydrogen) atoms. The van der Waals surface area contributed by atoms with Gasteiger partial charge in [0.25, 0.3) is 5.91 Å². The molecule has 2 aromatic rings. The van der Waals surface area contributed by atoms with Crippen molar-refractivity contribution < 1.29 is 23.5 Å². The first-order chi connectivity index (χ1) is 15.3. The smallest absolute Gasteiger partial charge is 0.309 e. The molecule has 1 fully saturated rings. The van der Waals surface area contributed by atoms with Crippen molar-refractivity contribution in [3.63, 3.8) is 0 Å². The minimum absolute atomic E-state index is 0.0617. The third kappa shape index (κ3) is 5.15. The summed E-state index contributed by atoms with van der Waals surface area (Å²) in [5, 5.41) is 4.31. The number of likely N-dealkylation sites (tertiary alicyclic amines) is 1. The van der Waals surface area contributed by atoms with Crippen LogP contribution in [0.25, 0.3) is 5.69 Å². The summed E-state index contributed by atoms with van der Waals surface area (Å²) in [6.45, 7) is 4.90. The van der Waals surface area contributed by atoms with Gasteiger partial charge in [-0.15, -0.1) is 0 Å². The predicted octanol–water partition coefficient (Wildman–Crippen LogP) is 2.45. The molecule has 0 radical (unpaired) electrons. The highest BCUT2D eigenvalue weighted by molar-refractivity contribution is 5.97. The summed E-state index contributed by atoms with van der Waals surface area (Å²) in [6, 6.07) is 5.88. The van der Waals surface area contributed by atoms with Crippen molar-refractivity contribution in [3.05, 3.63) is 47.5 Å². The third-order valence-corrected chi connectivity index (χ3v) is 5.69. The maximum Gasteiger partial charge on any atom is 0.309 e. The topological polar surface area (TPSA) is 84.7 Å². The van der Waals surface area contributed by atoms with E-state index in [0.717, 1.165) is 0 Å². The highest BCUT2D eigenvalue weighted by atomic mass is 19.1. The Bertz CT molecular complexity index is 965. The fourth-order valence-electron chi connectivity index (χ4n) is 3.90. The molecule has 0 N–H and O–H groups in total. The number of amides is 2. The summed E-state index contributed by atoms with van der Waals surface area (Å²) in [5.41, 5.74) is 1.76. The Morgan fingerprint density at radius 2 is 1.81 bits per heavy atom. The molecule has 1 aliphatic heterocycles. The van der Waals surface area contributed by atoms with E-state index < -0.39 is 0 Å². The lowest BCUT2D eigenvalue weighted by atomic mass is 9.97. The molecule has 9 heteroatoms. The summed E-state index contributed by atoms with van der Waals surface area (Å²) < 4.78 is 19.9. The molecule has 0 aliphatic carbocycles. The molecule has 1 aliphatic rings. The Balaban J connectivity index is 1.63. The summed E-state index contributed by atoms with van der Waals surface area (Å²) in [6.07, 6.45) is 3.15. The van der Waals surface area contributed by atoms with Crippen molar-refractivity contribution in [2.75, 3.05) is 33.3 Å². The molecular weight excluding hydrogens is 415 g/mol. The second kappa shape index (κ2) is 10.4. The molecular formula is C23H29FN4O4. The molecule has 0 bridgehead atoms. The number of carbonyl (C=O) groups is 3. The van der Waals surface area contributed by atoms with Gasteiger partial charge in [0.2, 0.25) is 5.91 Å². The lowest BCUT2D eigenvalue weighted by Crippen LogP contribution is -2.45. The zero-order valence-corrected chi connectivity index (χ0v) is 18.7. The molecule has 0 unspecified atom stereocenters. The molecule has 1 aromatic carbocycles. The third-order valence-electron chi connectivity index (χ3n) is 5.69. The van der Waals surface area contributed by atoms with E-state index in [1.165, 1.54) is 23.2 Å². The van der Waals surface area contributed by atoms with Crippen LogP contribution in [0.4, 0.5) is 4.39 Å². The Morgan fingerprint density at radius 1 is 1.16 bits per heavy atom. The van der Waals surface area contributed by atoms with Gasteiger partial charge < -0.3 is 14.5 Å². The standard InChI is InChI=1S/C23H29FN4O4/c1-4-20-19(14-25-28(20)18-8-6-17(24)7-9-18)22(30)26(3)15-21(29)27-12-10-16(11-13-27)23(31)32-5-2/h6-9,14,16H,4-5,10-13,15H2,1-3H3. The van der Waals surface area contributed by atoms with E-state index in [0.29, 0.717) is 55.9 Å². The fourth-order valence-corrected chi connectivity index (χ4v) is 3.90. The van der Waals surface area contributed by atoms with Gasteiger partial charge >= 0.3 is 5.97 Å². The summed E-state index contributed by atoms with van der Waals surface area (Å²) in [7, 11) is 1.58. The number of hydrogen-bond acceptors (Lipinski definition) is 5. The molecule has 8 nitrogen and oxygen atoms in total. The Hall–Kier alpha value is -3.23. The first-order valence-corrected chi connectivity index (χ1v) is 10.9. The largest absolute Gasteiger partial charge is 0.466 e. The van der Waals surface area contributed by atoms with Crippen molar-refractivity contribution >= 4 is 17.8 Å². The molecule has 3 rings (SSSR count). The lowest BCUT2D eigenvalue weighted by molar-refractivity contribution is -0.151. The number of benzene rings is 1. The van der Waals surface area contributed by atoms with Crippen LogP contribution < -0.4 is 0 Å². The summed E-state index contributed by atoms with van der Waals surface area (Å²) >= 11 is 0. The fraction of sp³-hybridized carbons (Fsp3) is 0.478. The molecule has 1 aromatic heterocycles. The van der Waals surface area contributed by atoms with E-state index in [4.69, 9.17) is 4.74 Å². The molecule has 0 atom stereocenters. The molecule has 0 spiro atoms. The van der Waals surface area contributed by atoms with E-state index in [1.54, 1.807) is 35.7 Å². The van der Waals surface area contributed by atoms with E-state index in [-0.39, 0.29) is 36.1 Å². The van der Waals surface area contributed by atoms with Crippen LogP contribution in [-0.2, 0) is 20.7 Å². The van der Waals surface area contributed by atoms with Crippen molar-refractivity contribution in [1.82, 2.24) is 19.6 Å². The van der Waals surface area contributed by atoms with Crippen LogP contribution in [0.1, 0.15) is 42.7 Å². The predicted molar refractivity (Wildman–Crippen MR) is 116 cm³/mol. The van der Waals surface area contributed by atoms with Crippen LogP contribution in [0.3, 0.4) is 0 Å². The first kappa shape index (κ1) is 23.4. The number of nitrogens with zero attached hydrogens (tertiary/aromatic N) is 4. The van der Waals surface area contributed by atoms with Gasteiger partial charge in [0.1, 0.15) is 5.82 Å². The number of carbonyl (C=O) groups excluding carboxylic acids is 3. The average Bonchev–Trinajstić information content (AvgIpc) is 3.23. The number of hydrogen-bond donors (Lipinski definition) is 0. The van der Waals surface area contributed by atoms with Crippen LogP contribution in [0.5, 0.6) is 0 Å². The number of esters is 1. The van der Waals surface area contributed by atoms with Gasteiger partial charge in [-0.2, -0.15) is 5.10 Å². The van der Waals surface area contributed by atoms with Crippen LogP contribution >= 0.6 is 0 Å². The quantitative estimate of drug-likeness (QED) is 0.613. The van der Waals surface area contributed by atoms with Gasteiger partial charge in [0, 0.05) is 20.1 Å². The van der Waals surface area contributed by atoms with Gasteiger partial charge in [0.15, 0.2) is 0 Å². The summed E-state index contributed by atoms with van der Waals surface area (Å²) in [4.78, 5) is 40.7. The van der Waals surface area contributed by atoms with Gasteiger partial charge in [-0.05, 0) is 50.5 Å². The summed E-state index contributed by atoms with van der Waals surface area (Å²) in [5.74, 6) is -1.20. The minimum Gasteiger partial charge on any atom is -0.466 e. The molecule has 2 amide bonds. The zero-order chi connectivity index (χ0) is 23.3. The lowest BCUT2D eigenvalue weighted by Gasteiger charge is -2.32. The van der Waals surface area contributed by atoms with Crippen LogP contribution in [0, 0.1) is 11.7 Å². The minimum atomic E-state index is -0.347. The Morgan fingerprint density at radius 3 is 2.41 bits per heavy atom. The van der Waals surface area contributed by atoms with E-state index >= 15 is 0 Å². The van der Waals surface area contributed by atoms with Crippen LogP contribution in [0.15, 0.2) is 30.5 Å². The van der Waals surface area contributed by atoms with E-state index in [9.17, 15) is 18.8 Å².